The van der Waals surface area contributed by atoms with Crippen molar-refractivity contribution >= 4 is 27.5 Å². The van der Waals surface area contributed by atoms with E-state index in [-0.39, 0.29) is 19.0 Å². The Morgan fingerprint density at radius 1 is 1.07 bits per heavy atom. The Balaban J connectivity index is 1.65. The van der Waals surface area contributed by atoms with Gasteiger partial charge in [-0.2, -0.15) is 0 Å². The molecule has 1 aliphatic heterocycles. The molecule has 30 heavy (non-hydrogen) atoms. The van der Waals surface area contributed by atoms with Gasteiger partial charge in [-0.1, -0.05) is 30.3 Å². The standard InChI is InChI=1S/C22H27N3O4S/c1-17-8-3-4-11-20(17)25(30(2,28)29)16-21(26)23-15-18-9-7-10-19(14-18)22(27)24-12-5-6-13-24/h3-4,7-11,14H,5-6,12-13,15-16H2,1-2H3,(H,23,26). The Morgan fingerprint density at radius 3 is 2.43 bits per heavy atom. The maximum Gasteiger partial charge on any atom is 0.253 e. The first kappa shape index (κ1) is 21.8. The molecule has 2 amide bonds. The molecule has 160 valence electrons. The predicted octanol–water partition coefficient (Wildman–Crippen LogP) is 2.31. The van der Waals surface area contributed by atoms with Crippen molar-refractivity contribution in [2.45, 2.75) is 26.3 Å². The Labute approximate surface area is 177 Å². The van der Waals surface area contributed by atoms with Crippen LogP contribution in [0.4, 0.5) is 5.69 Å². The van der Waals surface area contributed by atoms with Crippen LogP contribution in [0.1, 0.15) is 34.3 Å². The molecule has 8 heteroatoms. The summed E-state index contributed by atoms with van der Waals surface area (Å²) in [5.74, 6) is -0.413. The zero-order chi connectivity index (χ0) is 21.7. The van der Waals surface area contributed by atoms with Gasteiger partial charge in [0.1, 0.15) is 6.54 Å². The van der Waals surface area contributed by atoms with Crippen molar-refractivity contribution in [3.8, 4) is 0 Å². The minimum Gasteiger partial charge on any atom is -0.350 e. The molecule has 1 N–H and O–H groups in total. The molecule has 0 aliphatic carbocycles. The first-order valence-electron chi connectivity index (χ1n) is 9.94. The van der Waals surface area contributed by atoms with Crippen LogP contribution >= 0.6 is 0 Å². The fourth-order valence-electron chi connectivity index (χ4n) is 3.53. The number of likely N-dealkylation sites (tertiary alicyclic amines) is 1. The van der Waals surface area contributed by atoms with Gasteiger partial charge in [0.15, 0.2) is 0 Å². The smallest absolute Gasteiger partial charge is 0.253 e. The average molecular weight is 430 g/mol. The summed E-state index contributed by atoms with van der Waals surface area (Å²) < 4.78 is 25.6. The van der Waals surface area contributed by atoms with Crippen LogP contribution in [-0.4, -0.2) is 51.0 Å². The van der Waals surface area contributed by atoms with Gasteiger partial charge in [-0.25, -0.2) is 8.42 Å². The van der Waals surface area contributed by atoms with Crippen molar-refractivity contribution in [3.05, 3.63) is 65.2 Å². The number of rotatable bonds is 7. The van der Waals surface area contributed by atoms with Gasteiger partial charge in [-0.15, -0.1) is 0 Å². The van der Waals surface area contributed by atoms with Crippen LogP contribution in [0, 0.1) is 6.92 Å². The Kier molecular flexibility index (Phi) is 6.77. The van der Waals surface area contributed by atoms with Gasteiger partial charge in [0, 0.05) is 25.2 Å². The van der Waals surface area contributed by atoms with E-state index in [2.05, 4.69) is 5.32 Å². The second kappa shape index (κ2) is 9.30. The van der Waals surface area contributed by atoms with Gasteiger partial charge < -0.3 is 10.2 Å². The lowest BCUT2D eigenvalue weighted by Gasteiger charge is -2.23. The summed E-state index contributed by atoms with van der Waals surface area (Å²) in [5.41, 5.74) is 2.63. The quantitative estimate of drug-likeness (QED) is 0.732. The van der Waals surface area contributed by atoms with E-state index >= 15 is 0 Å². The molecule has 2 aromatic carbocycles. The summed E-state index contributed by atoms with van der Waals surface area (Å²) in [5, 5.41) is 2.76. The molecule has 7 nitrogen and oxygen atoms in total. The molecule has 1 heterocycles. The number of amides is 2. The normalized spacial score (nSPS) is 13.9. The number of nitrogens with zero attached hydrogens (tertiary/aromatic N) is 2. The van der Waals surface area contributed by atoms with E-state index in [9.17, 15) is 18.0 Å². The molecule has 3 rings (SSSR count). The lowest BCUT2D eigenvalue weighted by molar-refractivity contribution is -0.119. The molecular weight excluding hydrogens is 402 g/mol. The minimum atomic E-state index is -3.62. The number of benzene rings is 2. The summed E-state index contributed by atoms with van der Waals surface area (Å²) >= 11 is 0. The predicted molar refractivity (Wildman–Crippen MR) is 117 cm³/mol. The lowest BCUT2D eigenvalue weighted by Crippen LogP contribution is -2.40. The van der Waals surface area contributed by atoms with Crippen LogP contribution in [0.15, 0.2) is 48.5 Å². The second-order valence-corrected chi connectivity index (χ2v) is 9.44. The number of hydrogen-bond acceptors (Lipinski definition) is 4. The number of anilines is 1. The number of aryl methyl sites for hydroxylation is 1. The third kappa shape index (κ3) is 5.38. The van der Waals surface area contributed by atoms with E-state index in [1.807, 2.05) is 17.0 Å². The molecule has 0 unspecified atom stereocenters. The molecule has 0 spiro atoms. The van der Waals surface area contributed by atoms with Gasteiger partial charge in [-0.3, -0.25) is 13.9 Å². The Hall–Kier alpha value is -2.87. The highest BCUT2D eigenvalue weighted by molar-refractivity contribution is 7.92. The van der Waals surface area contributed by atoms with Crippen molar-refractivity contribution in [1.29, 1.82) is 0 Å². The highest BCUT2D eigenvalue weighted by atomic mass is 32.2. The minimum absolute atomic E-state index is 0.00322. The van der Waals surface area contributed by atoms with E-state index in [1.54, 1.807) is 43.3 Å². The van der Waals surface area contributed by atoms with Crippen LogP contribution in [0.2, 0.25) is 0 Å². The van der Waals surface area contributed by atoms with Crippen LogP contribution in [0.25, 0.3) is 0 Å². The summed E-state index contributed by atoms with van der Waals surface area (Å²) in [6.07, 6.45) is 3.14. The Morgan fingerprint density at radius 2 is 1.77 bits per heavy atom. The van der Waals surface area contributed by atoms with Crippen molar-refractivity contribution in [1.82, 2.24) is 10.2 Å². The molecule has 0 atom stereocenters. The molecule has 0 saturated carbocycles. The van der Waals surface area contributed by atoms with Gasteiger partial charge in [-0.05, 0) is 49.1 Å². The lowest BCUT2D eigenvalue weighted by atomic mass is 10.1. The fourth-order valence-corrected chi connectivity index (χ4v) is 4.44. The number of nitrogens with one attached hydrogen (secondary N) is 1. The zero-order valence-electron chi connectivity index (χ0n) is 17.3. The molecule has 1 saturated heterocycles. The third-order valence-electron chi connectivity index (χ3n) is 5.13. The first-order valence-corrected chi connectivity index (χ1v) is 11.8. The highest BCUT2D eigenvalue weighted by Crippen LogP contribution is 2.21. The van der Waals surface area contributed by atoms with Crippen molar-refractivity contribution in [2.24, 2.45) is 0 Å². The van der Waals surface area contributed by atoms with Crippen LogP contribution in [0.5, 0.6) is 0 Å². The van der Waals surface area contributed by atoms with E-state index in [0.29, 0.717) is 11.3 Å². The van der Waals surface area contributed by atoms with Crippen molar-refractivity contribution in [3.63, 3.8) is 0 Å². The van der Waals surface area contributed by atoms with Gasteiger partial charge in [0.25, 0.3) is 5.91 Å². The van der Waals surface area contributed by atoms with Crippen molar-refractivity contribution in [2.75, 3.05) is 30.2 Å². The maximum atomic E-state index is 12.5. The summed E-state index contributed by atoms with van der Waals surface area (Å²) in [6, 6.07) is 14.2. The monoisotopic (exact) mass is 429 g/mol. The van der Waals surface area contributed by atoms with Crippen molar-refractivity contribution < 1.29 is 18.0 Å². The fraction of sp³-hybridized carbons (Fsp3) is 0.364. The Bertz CT molecular complexity index is 1030. The number of carbonyl (C=O) groups is 2. The second-order valence-electron chi connectivity index (χ2n) is 7.53. The van der Waals surface area contributed by atoms with Gasteiger partial charge in [0.05, 0.1) is 11.9 Å². The summed E-state index contributed by atoms with van der Waals surface area (Å²) in [7, 11) is -3.62. The van der Waals surface area contributed by atoms with Gasteiger partial charge >= 0.3 is 0 Å². The molecule has 0 radical (unpaired) electrons. The topological polar surface area (TPSA) is 86.8 Å². The number of para-hydroxylation sites is 1. The van der Waals surface area contributed by atoms with E-state index in [4.69, 9.17) is 0 Å². The maximum absolute atomic E-state index is 12.5. The molecule has 2 aromatic rings. The largest absolute Gasteiger partial charge is 0.350 e. The first-order chi connectivity index (χ1) is 14.3. The van der Waals surface area contributed by atoms with Gasteiger partial charge in [0.2, 0.25) is 15.9 Å². The summed E-state index contributed by atoms with van der Waals surface area (Å²) in [4.78, 5) is 26.9. The molecular formula is C22H27N3O4S. The third-order valence-corrected chi connectivity index (χ3v) is 6.26. The summed E-state index contributed by atoms with van der Waals surface area (Å²) in [6.45, 7) is 3.26. The van der Waals surface area contributed by atoms with Crippen LogP contribution < -0.4 is 9.62 Å². The van der Waals surface area contributed by atoms with Crippen LogP contribution in [-0.2, 0) is 21.4 Å². The SMILES string of the molecule is Cc1ccccc1N(CC(=O)NCc1cccc(C(=O)N2CCCC2)c1)S(C)(=O)=O. The van der Waals surface area contributed by atoms with E-state index in [0.717, 1.165) is 47.6 Å². The zero-order valence-corrected chi connectivity index (χ0v) is 18.1. The number of hydrogen-bond donors (Lipinski definition) is 1. The number of carbonyl (C=O) groups excluding carboxylic acids is 2. The molecule has 0 bridgehead atoms. The highest BCUT2D eigenvalue weighted by Gasteiger charge is 2.22. The molecule has 1 fully saturated rings. The molecule has 0 aromatic heterocycles. The average Bonchev–Trinajstić information content (AvgIpc) is 3.25. The molecule has 1 aliphatic rings. The number of sulfonamides is 1. The van der Waals surface area contributed by atoms with Crippen LogP contribution in [0.3, 0.4) is 0 Å². The van der Waals surface area contributed by atoms with E-state index in [1.165, 1.54) is 0 Å². The van der Waals surface area contributed by atoms with E-state index < -0.39 is 15.9 Å².